The maximum absolute atomic E-state index is 12.5. The standard InChI is InChI=1S/C34H34ClN7O4/c1-22(43)42-32(24-7-12-33(44-2)34(17-24)45-3)19-30(39-42)23-5-9-27(10-6-23)46-21-26-20-41(40-38-26)16-4-14-36-29-13-15-37-31-18-25(35)8-11-28(29)31/h5-13,15,17-18,20,32H,4,14,16,19,21H2,1-3H3,(H,36,37). The molecule has 46 heavy (non-hydrogen) atoms. The van der Waals surface area contributed by atoms with E-state index in [1.165, 1.54) is 11.9 Å². The molecule has 0 fully saturated rings. The third kappa shape index (κ3) is 6.89. The molecule has 3 aromatic carbocycles. The number of nitrogens with zero attached hydrogens (tertiary/aromatic N) is 6. The first-order valence-corrected chi connectivity index (χ1v) is 15.3. The zero-order valence-electron chi connectivity index (χ0n) is 25.8. The van der Waals surface area contributed by atoms with Crippen LogP contribution in [0.25, 0.3) is 10.9 Å². The molecular weight excluding hydrogens is 606 g/mol. The maximum Gasteiger partial charge on any atom is 0.240 e. The summed E-state index contributed by atoms with van der Waals surface area (Å²) in [6.45, 7) is 3.30. The molecule has 1 unspecified atom stereocenters. The van der Waals surface area contributed by atoms with Gasteiger partial charge in [-0.1, -0.05) is 22.9 Å². The van der Waals surface area contributed by atoms with Crippen LogP contribution in [0.2, 0.25) is 5.02 Å². The Balaban J connectivity index is 1.01. The summed E-state index contributed by atoms with van der Waals surface area (Å²) in [7, 11) is 3.19. The van der Waals surface area contributed by atoms with Gasteiger partial charge in [-0.15, -0.1) is 5.10 Å². The van der Waals surface area contributed by atoms with Crippen LogP contribution in [0, 0.1) is 0 Å². The molecule has 0 bridgehead atoms. The second-order valence-corrected chi connectivity index (χ2v) is 11.3. The Labute approximate surface area is 271 Å². The molecule has 1 aliphatic heterocycles. The first kappa shape index (κ1) is 30.8. The largest absolute Gasteiger partial charge is 0.493 e. The lowest BCUT2D eigenvalue weighted by molar-refractivity contribution is -0.130. The number of amides is 1. The van der Waals surface area contributed by atoms with E-state index in [-0.39, 0.29) is 11.9 Å². The molecule has 0 saturated heterocycles. The molecular formula is C34H34ClN7O4. The average Bonchev–Trinajstić information content (AvgIpc) is 3.73. The number of fused-ring (bicyclic) bond motifs is 1. The molecule has 0 aliphatic carbocycles. The van der Waals surface area contributed by atoms with Gasteiger partial charge in [0.1, 0.15) is 18.1 Å². The van der Waals surface area contributed by atoms with E-state index < -0.39 is 0 Å². The van der Waals surface area contributed by atoms with E-state index in [1.807, 2.05) is 77.6 Å². The molecule has 1 amide bonds. The van der Waals surface area contributed by atoms with Crippen molar-refractivity contribution in [3.8, 4) is 17.2 Å². The molecule has 3 heterocycles. The van der Waals surface area contributed by atoms with Crippen molar-refractivity contribution in [1.82, 2.24) is 25.0 Å². The monoisotopic (exact) mass is 639 g/mol. The fraction of sp³-hybridized carbons (Fsp3) is 0.265. The lowest BCUT2D eigenvalue weighted by atomic mass is 9.98. The van der Waals surface area contributed by atoms with Crippen LogP contribution in [0.1, 0.15) is 42.6 Å². The van der Waals surface area contributed by atoms with Crippen LogP contribution in [0.15, 0.2) is 84.2 Å². The Kier molecular flexibility index (Phi) is 9.30. The number of benzene rings is 3. The number of carbonyl (C=O) groups is 1. The minimum Gasteiger partial charge on any atom is -0.493 e. The topological polar surface area (TPSA) is 116 Å². The smallest absolute Gasteiger partial charge is 0.240 e. The number of hydrogen-bond donors (Lipinski definition) is 1. The second-order valence-electron chi connectivity index (χ2n) is 10.8. The van der Waals surface area contributed by atoms with Crippen molar-refractivity contribution in [3.05, 3.63) is 101 Å². The van der Waals surface area contributed by atoms with Gasteiger partial charge >= 0.3 is 0 Å². The van der Waals surface area contributed by atoms with Crippen LogP contribution >= 0.6 is 11.6 Å². The van der Waals surface area contributed by atoms with Gasteiger partial charge in [-0.2, -0.15) is 5.10 Å². The fourth-order valence-electron chi connectivity index (χ4n) is 5.45. The van der Waals surface area contributed by atoms with Crippen LogP contribution in [-0.2, 0) is 17.9 Å². The van der Waals surface area contributed by atoms with Gasteiger partial charge in [0.25, 0.3) is 0 Å². The zero-order chi connectivity index (χ0) is 32.0. The van der Waals surface area contributed by atoms with E-state index in [1.54, 1.807) is 20.4 Å². The first-order chi connectivity index (χ1) is 22.4. The SMILES string of the molecule is COc1ccc(C2CC(c3ccc(OCc4cn(CCCNc5ccnc6cc(Cl)ccc56)nn4)cc3)=NN2C(C)=O)cc1OC. The fourth-order valence-corrected chi connectivity index (χ4v) is 5.62. The van der Waals surface area contributed by atoms with Gasteiger partial charge in [0.05, 0.1) is 37.7 Å². The molecule has 0 radical (unpaired) electrons. The maximum atomic E-state index is 12.5. The highest BCUT2D eigenvalue weighted by Crippen LogP contribution is 2.37. The van der Waals surface area contributed by atoms with Gasteiger partial charge in [0.15, 0.2) is 11.5 Å². The summed E-state index contributed by atoms with van der Waals surface area (Å²) in [5, 5.41) is 19.9. The summed E-state index contributed by atoms with van der Waals surface area (Å²) in [6, 6.07) is 20.8. The van der Waals surface area contributed by atoms with Crippen molar-refractivity contribution < 1.29 is 19.0 Å². The quantitative estimate of drug-likeness (QED) is 0.159. The molecule has 12 heteroatoms. The van der Waals surface area contributed by atoms with Crippen molar-refractivity contribution in [3.63, 3.8) is 0 Å². The molecule has 2 aromatic heterocycles. The van der Waals surface area contributed by atoms with Crippen LogP contribution in [0.3, 0.4) is 0 Å². The van der Waals surface area contributed by atoms with E-state index in [2.05, 4.69) is 25.7 Å². The van der Waals surface area contributed by atoms with Crippen molar-refractivity contribution >= 4 is 39.8 Å². The molecule has 0 spiro atoms. The highest BCUT2D eigenvalue weighted by Gasteiger charge is 2.32. The van der Waals surface area contributed by atoms with Crippen molar-refractivity contribution in [2.24, 2.45) is 5.10 Å². The van der Waals surface area contributed by atoms with Crippen LogP contribution in [0.4, 0.5) is 5.69 Å². The molecule has 0 saturated carbocycles. The number of carbonyl (C=O) groups excluding carboxylic acids is 1. The summed E-state index contributed by atoms with van der Waals surface area (Å²) in [4.78, 5) is 16.9. The first-order valence-electron chi connectivity index (χ1n) is 14.9. The number of aryl methyl sites for hydroxylation is 1. The molecule has 5 aromatic rings. The Bertz CT molecular complexity index is 1880. The van der Waals surface area contributed by atoms with Crippen LogP contribution in [-0.4, -0.2) is 57.4 Å². The van der Waals surface area contributed by atoms with Gasteiger partial charge in [-0.3, -0.25) is 14.5 Å². The summed E-state index contributed by atoms with van der Waals surface area (Å²) >= 11 is 6.10. The van der Waals surface area contributed by atoms with Gasteiger partial charge in [-0.25, -0.2) is 5.01 Å². The van der Waals surface area contributed by atoms with Crippen LogP contribution in [0.5, 0.6) is 17.2 Å². The van der Waals surface area contributed by atoms with E-state index >= 15 is 0 Å². The molecule has 6 rings (SSSR count). The molecule has 1 atom stereocenters. The molecule has 1 aliphatic rings. The van der Waals surface area contributed by atoms with E-state index in [9.17, 15) is 4.79 Å². The number of anilines is 1. The summed E-state index contributed by atoms with van der Waals surface area (Å²) < 4.78 is 18.6. The normalized spacial score (nSPS) is 14.3. The number of pyridine rings is 1. The number of hydrazone groups is 1. The highest BCUT2D eigenvalue weighted by molar-refractivity contribution is 6.31. The van der Waals surface area contributed by atoms with E-state index in [4.69, 9.17) is 25.8 Å². The van der Waals surface area contributed by atoms with Crippen molar-refractivity contribution in [2.45, 2.75) is 39.0 Å². The van der Waals surface area contributed by atoms with Crippen molar-refractivity contribution in [2.75, 3.05) is 26.1 Å². The van der Waals surface area contributed by atoms with Gasteiger partial charge in [0, 0.05) is 48.7 Å². The minimum atomic E-state index is -0.239. The van der Waals surface area contributed by atoms with E-state index in [0.717, 1.165) is 52.1 Å². The third-order valence-electron chi connectivity index (χ3n) is 7.77. The molecule has 1 N–H and O–H groups in total. The lowest BCUT2D eigenvalue weighted by Crippen LogP contribution is -2.24. The number of halogens is 1. The Hall–Kier alpha value is -5.16. The average molecular weight is 640 g/mol. The number of hydrogen-bond acceptors (Lipinski definition) is 9. The number of rotatable bonds is 12. The molecule has 11 nitrogen and oxygen atoms in total. The Morgan fingerprint density at radius 1 is 1.02 bits per heavy atom. The summed E-state index contributed by atoms with van der Waals surface area (Å²) in [5.74, 6) is 1.81. The predicted octanol–water partition coefficient (Wildman–Crippen LogP) is 6.28. The number of methoxy groups -OCH3 is 2. The summed E-state index contributed by atoms with van der Waals surface area (Å²) in [5.41, 5.74) is 5.28. The highest BCUT2D eigenvalue weighted by atomic mass is 35.5. The van der Waals surface area contributed by atoms with Crippen molar-refractivity contribution in [1.29, 1.82) is 0 Å². The Morgan fingerprint density at radius 2 is 1.85 bits per heavy atom. The van der Waals surface area contributed by atoms with Gasteiger partial charge < -0.3 is 19.5 Å². The number of ether oxygens (including phenoxy) is 3. The lowest BCUT2D eigenvalue weighted by Gasteiger charge is -2.21. The molecule has 236 valence electrons. The minimum absolute atomic E-state index is 0.132. The number of aromatic nitrogens is 4. The second kappa shape index (κ2) is 13.9. The van der Waals surface area contributed by atoms with Gasteiger partial charge in [0.2, 0.25) is 5.91 Å². The number of nitrogens with one attached hydrogen (secondary N) is 1. The summed E-state index contributed by atoms with van der Waals surface area (Å²) in [6.07, 6.45) is 5.11. The van der Waals surface area contributed by atoms with E-state index in [0.29, 0.717) is 41.8 Å². The zero-order valence-corrected chi connectivity index (χ0v) is 26.6. The van der Waals surface area contributed by atoms with Crippen LogP contribution < -0.4 is 19.5 Å². The van der Waals surface area contributed by atoms with Gasteiger partial charge in [-0.05, 0) is 78.2 Å². The third-order valence-corrected chi connectivity index (χ3v) is 8.01. The predicted molar refractivity (Wildman–Crippen MR) is 177 cm³/mol. The Morgan fingerprint density at radius 3 is 2.63 bits per heavy atom.